The highest BCUT2D eigenvalue weighted by molar-refractivity contribution is 5.84. The van der Waals surface area contributed by atoms with E-state index in [1.807, 2.05) is 11.0 Å². The second-order valence-corrected chi connectivity index (χ2v) is 5.85. The lowest BCUT2D eigenvalue weighted by Crippen LogP contribution is -2.52. The molecule has 2 atom stereocenters. The number of piperazine rings is 1. The van der Waals surface area contributed by atoms with Crippen LogP contribution in [0.2, 0.25) is 0 Å². The van der Waals surface area contributed by atoms with Gasteiger partial charge in [0.2, 0.25) is 11.8 Å². The SMILES string of the molecule is O=C1CCC(C(=O)N2CCNCC2c2cccc(F)c2)CN1. The molecule has 0 radical (unpaired) electrons. The van der Waals surface area contributed by atoms with Gasteiger partial charge in [0.25, 0.3) is 0 Å². The summed E-state index contributed by atoms with van der Waals surface area (Å²) < 4.78 is 13.5. The van der Waals surface area contributed by atoms with Gasteiger partial charge >= 0.3 is 0 Å². The molecule has 0 aromatic heterocycles. The van der Waals surface area contributed by atoms with Crippen molar-refractivity contribution in [3.05, 3.63) is 35.6 Å². The molecule has 0 saturated carbocycles. The Morgan fingerprint density at radius 1 is 1.32 bits per heavy atom. The molecule has 1 aromatic rings. The molecule has 6 heteroatoms. The maximum Gasteiger partial charge on any atom is 0.228 e. The molecular weight excluding hydrogens is 285 g/mol. The molecule has 3 rings (SSSR count). The molecule has 0 spiro atoms. The minimum Gasteiger partial charge on any atom is -0.355 e. The highest BCUT2D eigenvalue weighted by Gasteiger charge is 2.34. The van der Waals surface area contributed by atoms with Crippen LogP contribution in [0.1, 0.15) is 24.4 Å². The summed E-state index contributed by atoms with van der Waals surface area (Å²) >= 11 is 0. The lowest BCUT2D eigenvalue weighted by Gasteiger charge is -2.39. The van der Waals surface area contributed by atoms with Crippen LogP contribution in [0.4, 0.5) is 4.39 Å². The van der Waals surface area contributed by atoms with Crippen LogP contribution in [0, 0.1) is 11.7 Å². The van der Waals surface area contributed by atoms with Gasteiger partial charge in [-0.2, -0.15) is 0 Å². The summed E-state index contributed by atoms with van der Waals surface area (Å²) in [6, 6.07) is 6.25. The van der Waals surface area contributed by atoms with Crippen molar-refractivity contribution in [2.75, 3.05) is 26.2 Å². The summed E-state index contributed by atoms with van der Waals surface area (Å²) in [6.07, 6.45) is 0.984. The van der Waals surface area contributed by atoms with Gasteiger partial charge < -0.3 is 15.5 Å². The second kappa shape index (κ2) is 6.44. The zero-order chi connectivity index (χ0) is 15.5. The van der Waals surface area contributed by atoms with E-state index in [2.05, 4.69) is 10.6 Å². The van der Waals surface area contributed by atoms with Crippen molar-refractivity contribution in [1.29, 1.82) is 0 Å². The number of hydrogen-bond donors (Lipinski definition) is 2. The van der Waals surface area contributed by atoms with Gasteiger partial charge in [0.05, 0.1) is 12.0 Å². The molecule has 2 heterocycles. The number of hydrogen-bond acceptors (Lipinski definition) is 3. The first-order chi connectivity index (χ1) is 10.6. The topological polar surface area (TPSA) is 61.4 Å². The lowest BCUT2D eigenvalue weighted by molar-refractivity contribution is -0.140. The molecule has 2 fully saturated rings. The van der Waals surface area contributed by atoms with E-state index in [0.29, 0.717) is 32.5 Å². The van der Waals surface area contributed by atoms with E-state index < -0.39 is 0 Å². The predicted octanol–water partition coefficient (Wildman–Crippen LogP) is 0.825. The van der Waals surface area contributed by atoms with Crippen LogP contribution < -0.4 is 10.6 Å². The standard InChI is InChI=1S/C16H20FN3O2/c17-13-3-1-2-11(8-13)14-10-18-6-7-20(14)16(22)12-4-5-15(21)19-9-12/h1-3,8,12,14,18H,4-7,9-10H2,(H,19,21). The van der Waals surface area contributed by atoms with Crippen molar-refractivity contribution in [1.82, 2.24) is 15.5 Å². The number of nitrogens with zero attached hydrogens (tertiary/aromatic N) is 1. The highest BCUT2D eigenvalue weighted by Crippen LogP contribution is 2.26. The van der Waals surface area contributed by atoms with E-state index in [1.54, 1.807) is 6.07 Å². The molecule has 0 aliphatic carbocycles. The summed E-state index contributed by atoms with van der Waals surface area (Å²) in [5.74, 6) is -0.408. The van der Waals surface area contributed by atoms with Crippen LogP contribution in [0.3, 0.4) is 0 Å². The first-order valence-corrected chi connectivity index (χ1v) is 7.68. The van der Waals surface area contributed by atoms with E-state index in [-0.39, 0.29) is 29.6 Å². The quantitative estimate of drug-likeness (QED) is 0.850. The van der Waals surface area contributed by atoms with E-state index in [0.717, 1.165) is 12.1 Å². The predicted molar refractivity (Wildman–Crippen MR) is 79.5 cm³/mol. The number of rotatable bonds is 2. The van der Waals surface area contributed by atoms with Crippen LogP contribution >= 0.6 is 0 Å². The van der Waals surface area contributed by atoms with Gasteiger partial charge in [0, 0.05) is 32.6 Å². The molecule has 0 bridgehead atoms. The maximum absolute atomic E-state index is 13.5. The Labute approximate surface area is 128 Å². The minimum atomic E-state index is -0.291. The Balaban J connectivity index is 1.77. The fraction of sp³-hybridized carbons (Fsp3) is 0.500. The normalized spacial score (nSPS) is 25.7. The Morgan fingerprint density at radius 2 is 2.18 bits per heavy atom. The summed E-state index contributed by atoms with van der Waals surface area (Å²) in [6.45, 7) is 2.35. The molecule has 2 aliphatic rings. The van der Waals surface area contributed by atoms with Gasteiger partial charge in [0.1, 0.15) is 5.82 Å². The highest BCUT2D eigenvalue weighted by atomic mass is 19.1. The zero-order valence-corrected chi connectivity index (χ0v) is 12.3. The summed E-state index contributed by atoms with van der Waals surface area (Å²) in [7, 11) is 0. The molecule has 1 aromatic carbocycles. The molecule has 5 nitrogen and oxygen atoms in total. The Morgan fingerprint density at radius 3 is 2.91 bits per heavy atom. The molecule has 2 saturated heterocycles. The smallest absolute Gasteiger partial charge is 0.228 e. The number of carbonyl (C=O) groups excluding carboxylic acids is 2. The molecular formula is C16H20FN3O2. The average molecular weight is 305 g/mol. The maximum atomic E-state index is 13.5. The molecule has 2 unspecified atom stereocenters. The van der Waals surface area contributed by atoms with Gasteiger partial charge in [-0.1, -0.05) is 12.1 Å². The summed E-state index contributed by atoms with van der Waals surface area (Å²) in [4.78, 5) is 25.9. The number of benzene rings is 1. The van der Waals surface area contributed by atoms with Crippen molar-refractivity contribution in [3.63, 3.8) is 0 Å². The first-order valence-electron chi connectivity index (χ1n) is 7.68. The number of amides is 2. The fourth-order valence-electron chi connectivity index (χ4n) is 3.16. The van der Waals surface area contributed by atoms with Crippen LogP contribution in [-0.2, 0) is 9.59 Å². The third kappa shape index (κ3) is 3.11. The van der Waals surface area contributed by atoms with Crippen LogP contribution in [-0.4, -0.2) is 42.9 Å². The van der Waals surface area contributed by atoms with Crippen molar-refractivity contribution < 1.29 is 14.0 Å². The van der Waals surface area contributed by atoms with Crippen molar-refractivity contribution in [3.8, 4) is 0 Å². The largest absolute Gasteiger partial charge is 0.355 e. The van der Waals surface area contributed by atoms with Gasteiger partial charge in [-0.3, -0.25) is 9.59 Å². The molecule has 2 aliphatic heterocycles. The van der Waals surface area contributed by atoms with Gasteiger partial charge in [-0.05, 0) is 24.1 Å². The second-order valence-electron chi connectivity index (χ2n) is 5.85. The van der Waals surface area contributed by atoms with E-state index in [1.165, 1.54) is 12.1 Å². The van der Waals surface area contributed by atoms with Crippen LogP contribution in [0.5, 0.6) is 0 Å². The molecule has 2 amide bonds. The number of carbonyl (C=O) groups is 2. The van der Waals surface area contributed by atoms with Gasteiger partial charge in [-0.15, -0.1) is 0 Å². The number of halogens is 1. The monoisotopic (exact) mass is 305 g/mol. The Kier molecular flexibility index (Phi) is 4.38. The van der Waals surface area contributed by atoms with Crippen molar-refractivity contribution >= 4 is 11.8 Å². The van der Waals surface area contributed by atoms with E-state index in [4.69, 9.17) is 0 Å². The van der Waals surface area contributed by atoms with Gasteiger partial charge in [-0.25, -0.2) is 4.39 Å². The third-order valence-electron chi connectivity index (χ3n) is 4.37. The van der Waals surface area contributed by atoms with E-state index >= 15 is 0 Å². The number of nitrogens with one attached hydrogen (secondary N) is 2. The Bertz CT molecular complexity index is 568. The van der Waals surface area contributed by atoms with Crippen molar-refractivity contribution in [2.24, 2.45) is 5.92 Å². The van der Waals surface area contributed by atoms with Crippen molar-refractivity contribution in [2.45, 2.75) is 18.9 Å². The lowest BCUT2D eigenvalue weighted by atomic mass is 9.95. The summed E-state index contributed by atoms with van der Waals surface area (Å²) in [5, 5.41) is 6.02. The third-order valence-corrected chi connectivity index (χ3v) is 4.37. The van der Waals surface area contributed by atoms with Gasteiger partial charge in [0.15, 0.2) is 0 Å². The number of piperidine rings is 1. The van der Waals surface area contributed by atoms with Crippen LogP contribution in [0.15, 0.2) is 24.3 Å². The first kappa shape index (κ1) is 15.0. The molecule has 118 valence electrons. The molecule has 2 N–H and O–H groups in total. The average Bonchev–Trinajstić information content (AvgIpc) is 2.55. The zero-order valence-electron chi connectivity index (χ0n) is 12.3. The fourth-order valence-corrected chi connectivity index (χ4v) is 3.16. The Hall–Kier alpha value is -1.95. The van der Waals surface area contributed by atoms with E-state index in [9.17, 15) is 14.0 Å². The summed E-state index contributed by atoms with van der Waals surface area (Å²) in [5.41, 5.74) is 0.806. The minimum absolute atomic E-state index is 0.00559. The van der Waals surface area contributed by atoms with Crippen LogP contribution in [0.25, 0.3) is 0 Å². The molecule has 22 heavy (non-hydrogen) atoms.